The molecule has 1 unspecified atom stereocenters. The highest BCUT2D eigenvalue weighted by Gasteiger charge is 2.15. The van der Waals surface area contributed by atoms with E-state index < -0.39 is 0 Å². The molecular formula is C18H22BrN3O2. The summed E-state index contributed by atoms with van der Waals surface area (Å²) in [6.07, 6.45) is 2.54. The van der Waals surface area contributed by atoms with Gasteiger partial charge in [-0.1, -0.05) is 28.1 Å². The molecule has 2 aromatic rings. The van der Waals surface area contributed by atoms with Gasteiger partial charge in [0.25, 0.3) is 0 Å². The number of aliphatic imine (C=N–C) groups is 1. The summed E-state index contributed by atoms with van der Waals surface area (Å²) in [5.41, 5.74) is 1.06. The third kappa shape index (κ3) is 4.61. The maximum Gasteiger partial charge on any atom is 0.191 e. The molecule has 2 heterocycles. The maximum atomic E-state index is 5.90. The van der Waals surface area contributed by atoms with Crippen molar-refractivity contribution in [2.24, 2.45) is 4.99 Å². The van der Waals surface area contributed by atoms with E-state index in [0.29, 0.717) is 6.54 Å². The minimum atomic E-state index is 0.288. The lowest BCUT2D eigenvalue weighted by Crippen LogP contribution is -2.40. The standard InChI is InChI=1S/C18H22BrN3O2/c1-20-18(21-11-15-3-2-10-23-15)22-12-16-8-9-17(24-16)13-4-6-14(19)7-5-13/h4-9,15H,2-3,10-12H2,1H3,(H2,20,21,22). The fraction of sp³-hybridized carbons (Fsp3) is 0.389. The van der Waals surface area contributed by atoms with Crippen molar-refractivity contribution in [2.75, 3.05) is 20.2 Å². The Morgan fingerprint density at radius 3 is 2.75 bits per heavy atom. The number of benzene rings is 1. The molecule has 1 saturated heterocycles. The molecule has 0 bridgehead atoms. The fourth-order valence-corrected chi connectivity index (χ4v) is 2.91. The van der Waals surface area contributed by atoms with Crippen LogP contribution in [0.15, 0.2) is 50.3 Å². The van der Waals surface area contributed by atoms with E-state index >= 15 is 0 Å². The minimum Gasteiger partial charge on any atom is -0.459 e. The summed E-state index contributed by atoms with van der Waals surface area (Å²) in [7, 11) is 1.76. The summed E-state index contributed by atoms with van der Waals surface area (Å²) in [5, 5.41) is 6.56. The lowest BCUT2D eigenvalue weighted by Gasteiger charge is -2.14. The molecule has 0 amide bonds. The third-order valence-electron chi connectivity index (χ3n) is 3.97. The van der Waals surface area contributed by atoms with Gasteiger partial charge in [-0.15, -0.1) is 0 Å². The van der Waals surface area contributed by atoms with E-state index in [4.69, 9.17) is 9.15 Å². The van der Waals surface area contributed by atoms with E-state index in [-0.39, 0.29) is 6.10 Å². The van der Waals surface area contributed by atoms with Gasteiger partial charge in [0.2, 0.25) is 0 Å². The van der Waals surface area contributed by atoms with Crippen molar-refractivity contribution in [1.82, 2.24) is 10.6 Å². The first kappa shape index (κ1) is 17.0. The maximum absolute atomic E-state index is 5.90. The van der Waals surface area contributed by atoms with Crippen LogP contribution in [0.4, 0.5) is 0 Å². The fourth-order valence-electron chi connectivity index (χ4n) is 2.65. The number of nitrogens with zero attached hydrogens (tertiary/aromatic N) is 1. The zero-order valence-corrected chi connectivity index (χ0v) is 15.3. The molecule has 6 heteroatoms. The predicted octanol–water partition coefficient (Wildman–Crippen LogP) is 3.55. The molecule has 5 nitrogen and oxygen atoms in total. The predicted molar refractivity (Wildman–Crippen MR) is 99.0 cm³/mol. The second kappa shape index (κ2) is 8.35. The van der Waals surface area contributed by atoms with Crippen LogP contribution in [0.25, 0.3) is 11.3 Å². The Labute approximate surface area is 150 Å². The summed E-state index contributed by atoms with van der Waals surface area (Å²) in [5.74, 6) is 2.49. The number of ether oxygens (including phenoxy) is 1. The third-order valence-corrected chi connectivity index (χ3v) is 4.49. The molecule has 0 saturated carbocycles. The van der Waals surface area contributed by atoms with Crippen LogP contribution in [-0.4, -0.2) is 32.3 Å². The monoisotopic (exact) mass is 391 g/mol. The van der Waals surface area contributed by atoms with Gasteiger partial charge in [-0.2, -0.15) is 0 Å². The van der Waals surface area contributed by atoms with Crippen LogP contribution < -0.4 is 10.6 Å². The van der Waals surface area contributed by atoms with Gasteiger partial charge in [0.15, 0.2) is 5.96 Å². The molecule has 3 rings (SSSR count). The Kier molecular flexibility index (Phi) is 5.93. The molecule has 0 radical (unpaired) electrons. The van der Waals surface area contributed by atoms with Gasteiger partial charge in [-0.3, -0.25) is 4.99 Å². The van der Waals surface area contributed by atoms with Gasteiger partial charge in [0.05, 0.1) is 12.6 Å². The van der Waals surface area contributed by atoms with Crippen molar-refractivity contribution in [3.05, 3.63) is 46.6 Å². The van der Waals surface area contributed by atoms with Crippen molar-refractivity contribution < 1.29 is 9.15 Å². The number of guanidine groups is 1. The molecule has 1 aliphatic rings. The average molecular weight is 392 g/mol. The highest BCUT2D eigenvalue weighted by atomic mass is 79.9. The van der Waals surface area contributed by atoms with Crippen LogP contribution in [0.1, 0.15) is 18.6 Å². The van der Waals surface area contributed by atoms with Crippen molar-refractivity contribution >= 4 is 21.9 Å². The van der Waals surface area contributed by atoms with Gasteiger partial charge in [-0.25, -0.2) is 0 Å². The first-order chi connectivity index (χ1) is 11.7. The zero-order valence-electron chi connectivity index (χ0n) is 13.7. The van der Waals surface area contributed by atoms with Crippen molar-refractivity contribution in [2.45, 2.75) is 25.5 Å². The Morgan fingerprint density at radius 1 is 1.21 bits per heavy atom. The van der Waals surface area contributed by atoms with E-state index in [2.05, 4.69) is 31.6 Å². The molecule has 0 spiro atoms. The van der Waals surface area contributed by atoms with E-state index in [9.17, 15) is 0 Å². The molecule has 1 fully saturated rings. The minimum absolute atomic E-state index is 0.288. The normalized spacial score (nSPS) is 17.9. The second-order valence-corrected chi connectivity index (χ2v) is 6.63. The number of halogens is 1. The van der Waals surface area contributed by atoms with Gasteiger partial charge in [0, 0.05) is 30.2 Å². The first-order valence-electron chi connectivity index (χ1n) is 8.15. The van der Waals surface area contributed by atoms with E-state index in [1.165, 1.54) is 0 Å². The molecule has 2 N–H and O–H groups in total. The highest BCUT2D eigenvalue weighted by Crippen LogP contribution is 2.23. The lowest BCUT2D eigenvalue weighted by molar-refractivity contribution is 0.114. The van der Waals surface area contributed by atoms with Crippen molar-refractivity contribution in [1.29, 1.82) is 0 Å². The number of rotatable bonds is 5. The molecule has 1 aromatic heterocycles. The number of furan rings is 1. The van der Waals surface area contributed by atoms with Gasteiger partial charge >= 0.3 is 0 Å². The number of hydrogen-bond donors (Lipinski definition) is 2. The number of nitrogens with one attached hydrogen (secondary N) is 2. The Morgan fingerprint density at radius 2 is 2.04 bits per heavy atom. The Balaban J connectivity index is 1.51. The van der Waals surface area contributed by atoms with Crippen LogP contribution in [-0.2, 0) is 11.3 Å². The molecule has 128 valence electrons. The smallest absolute Gasteiger partial charge is 0.191 e. The SMILES string of the molecule is CN=C(NCc1ccc(-c2ccc(Br)cc2)o1)NCC1CCCO1. The number of hydrogen-bond acceptors (Lipinski definition) is 3. The molecule has 24 heavy (non-hydrogen) atoms. The van der Waals surface area contributed by atoms with Crippen LogP contribution in [0.5, 0.6) is 0 Å². The van der Waals surface area contributed by atoms with Gasteiger partial charge in [-0.05, 0) is 37.1 Å². The zero-order chi connectivity index (χ0) is 16.8. The van der Waals surface area contributed by atoms with Crippen molar-refractivity contribution in [3.8, 4) is 11.3 Å². The molecule has 1 aromatic carbocycles. The largest absolute Gasteiger partial charge is 0.459 e. The van der Waals surface area contributed by atoms with Crippen LogP contribution in [0.2, 0.25) is 0 Å². The first-order valence-corrected chi connectivity index (χ1v) is 8.94. The van der Waals surface area contributed by atoms with E-state index in [1.807, 2.05) is 36.4 Å². The Bertz CT molecular complexity index is 676. The Hall–Kier alpha value is -1.79. The summed E-state index contributed by atoms with van der Waals surface area (Å²) >= 11 is 3.44. The summed E-state index contributed by atoms with van der Waals surface area (Å²) < 4.78 is 12.6. The highest BCUT2D eigenvalue weighted by molar-refractivity contribution is 9.10. The molecular weight excluding hydrogens is 370 g/mol. The topological polar surface area (TPSA) is 58.8 Å². The molecule has 0 aliphatic carbocycles. The van der Waals surface area contributed by atoms with Crippen molar-refractivity contribution in [3.63, 3.8) is 0 Å². The van der Waals surface area contributed by atoms with Crippen LogP contribution in [0, 0.1) is 0 Å². The van der Waals surface area contributed by atoms with E-state index in [0.717, 1.165) is 53.5 Å². The lowest BCUT2D eigenvalue weighted by atomic mass is 10.2. The van der Waals surface area contributed by atoms with Crippen LogP contribution in [0.3, 0.4) is 0 Å². The van der Waals surface area contributed by atoms with Gasteiger partial charge < -0.3 is 19.8 Å². The average Bonchev–Trinajstić information content (AvgIpc) is 3.27. The summed E-state index contributed by atoms with van der Waals surface area (Å²) in [6, 6.07) is 12.0. The van der Waals surface area contributed by atoms with Crippen LogP contribution >= 0.6 is 15.9 Å². The van der Waals surface area contributed by atoms with Gasteiger partial charge in [0.1, 0.15) is 11.5 Å². The summed E-state index contributed by atoms with van der Waals surface area (Å²) in [6.45, 7) is 2.23. The quantitative estimate of drug-likeness (QED) is 0.604. The second-order valence-electron chi connectivity index (χ2n) is 5.71. The molecule has 1 aliphatic heterocycles. The summed E-state index contributed by atoms with van der Waals surface area (Å²) in [4.78, 5) is 4.23. The molecule has 1 atom stereocenters. The van der Waals surface area contributed by atoms with E-state index in [1.54, 1.807) is 7.05 Å².